The van der Waals surface area contributed by atoms with E-state index >= 15 is 0 Å². The number of aliphatic hydroxyl groups excluding tert-OH is 1. The van der Waals surface area contributed by atoms with Crippen molar-refractivity contribution >= 4 is 5.91 Å². The lowest BCUT2D eigenvalue weighted by atomic mass is 10.3. The largest absolute Gasteiger partial charge is 0.396 e. The average Bonchev–Trinajstić information content (AvgIpc) is 2.70. The highest BCUT2D eigenvalue weighted by molar-refractivity contribution is 5.76. The van der Waals surface area contributed by atoms with E-state index in [9.17, 15) is 4.79 Å². The number of carbonyl (C=O) groups is 1. The quantitative estimate of drug-likeness (QED) is 0.694. The number of amides is 1. The van der Waals surface area contributed by atoms with Gasteiger partial charge in [-0.05, 0) is 30.7 Å². The van der Waals surface area contributed by atoms with Gasteiger partial charge in [0.1, 0.15) is 12.9 Å². The minimum atomic E-state index is -0.0456. The number of rotatable bonds is 6. The summed E-state index contributed by atoms with van der Waals surface area (Å²) in [6, 6.07) is 0.107. The minimum Gasteiger partial charge on any atom is -0.396 e. The summed E-state index contributed by atoms with van der Waals surface area (Å²) in [5.41, 5.74) is 0. The molecule has 0 fully saturated rings. The smallest absolute Gasteiger partial charge is 0.244 e. The molecule has 7 nitrogen and oxygen atoms in total. The zero-order valence-electron chi connectivity index (χ0n) is 9.57. The van der Waals surface area contributed by atoms with Gasteiger partial charge in [0.05, 0.1) is 0 Å². The summed E-state index contributed by atoms with van der Waals surface area (Å²) in [7, 11) is 0. The highest BCUT2D eigenvalue weighted by atomic mass is 16.3. The topological polar surface area (TPSA) is 84.1 Å². The fourth-order valence-corrected chi connectivity index (χ4v) is 1.39. The van der Waals surface area contributed by atoms with Crippen LogP contribution in [-0.2, 0) is 11.3 Å². The predicted octanol–water partition coefficient (Wildman–Crippen LogP) is -0.708. The molecule has 0 spiro atoms. The summed E-state index contributed by atoms with van der Waals surface area (Å²) >= 11 is 0. The van der Waals surface area contributed by atoms with Crippen molar-refractivity contribution in [3.8, 4) is 0 Å². The summed E-state index contributed by atoms with van der Waals surface area (Å²) in [6.45, 7) is 4.65. The lowest BCUT2D eigenvalue weighted by Crippen LogP contribution is -2.40. The standard InChI is InChI=1S/C9H17N5O2/c1-8(2)14(4-3-5-15)9(16)6-13-7-10-11-12-13/h7-8,15H,3-6H2,1-2H3. The van der Waals surface area contributed by atoms with Gasteiger partial charge in [-0.1, -0.05) is 0 Å². The summed E-state index contributed by atoms with van der Waals surface area (Å²) in [4.78, 5) is 13.6. The van der Waals surface area contributed by atoms with Gasteiger partial charge < -0.3 is 10.0 Å². The molecular weight excluding hydrogens is 210 g/mol. The highest BCUT2D eigenvalue weighted by Crippen LogP contribution is 2.01. The molecule has 1 rings (SSSR count). The lowest BCUT2D eigenvalue weighted by Gasteiger charge is -2.26. The van der Waals surface area contributed by atoms with E-state index in [0.717, 1.165) is 0 Å². The monoisotopic (exact) mass is 227 g/mol. The molecule has 7 heteroatoms. The first kappa shape index (κ1) is 12.6. The van der Waals surface area contributed by atoms with Crippen LogP contribution in [-0.4, -0.2) is 55.3 Å². The van der Waals surface area contributed by atoms with Crippen LogP contribution in [0.15, 0.2) is 6.33 Å². The Bertz CT molecular complexity index is 312. The first-order valence-corrected chi connectivity index (χ1v) is 5.26. The van der Waals surface area contributed by atoms with Gasteiger partial charge in [0.25, 0.3) is 0 Å². The van der Waals surface area contributed by atoms with Gasteiger partial charge >= 0.3 is 0 Å². The van der Waals surface area contributed by atoms with Crippen LogP contribution < -0.4 is 0 Å². The van der Waals surface area contributed by atoms with E-state index in [1.807, 2.05) is 13.8 Å². The second kappa shape index (κ2) is 6.16. The van der Waals surface area contributed by atoms with Gasteiger partial charge in [-0.25, -0.2) is 4.68 Å². The van der Waals surface area contributed by atoms with E-state index < -0.39 is 0 Å². The maximum absolute atomic E-state index is 11.9. The van der Waals surface area contributed by atoms with E-state index in [-0.39, 0.29) is 25.1 Å². The van der Waals surface area contributed by atoms with Crippen LogP contribution >= 0.6 is 0 Å². The summed E-state index contributed by atoms with van der Waals surface area (Å²) < 4.78 is 1.39. The third-order valence-corrected chi connectivity index (χ3v) is 2.19. The number of nitrogens with zero attached hydrogens (tertiary/aromatic N) is 5. The lowest BCUT2D eigenvalue weighted by molar-refractivity contribution is -0.133. The van der Waals surface area contributed by atoms with Crippen LogP contribution in [0.25, 0.3) is 0 Å². The van der Waals surface area contributed by atoms with Gasteiger partial charge in [-0.15, -0.1) is 5.10 Å². The molecule has 0 aliphatic rings. The van der Waals surface area contributed by atoms with Gasteiger partial charge in [0.2, 0.25) is 5.91 Å². The second-order valence-electron chi connectivity index (χ2n) is 3.77. The normalized spacial score (nSPS) is 10.8. The van der Waals surface area contributed by atoms with Crippen LogP contribution in [0.4, 0.5) is 0 Å². The predicted molar refractivity (Wildman–Crippen MR) is 56.4 cm³/mol. The molecule has 0 unspecified atom stereocenters. The summed E-state index contributed by atoms with van der Waals surface area (Å²) in [5.74, 6) is -0.0456. The highest BCUT2D eigenvalue weighted by Gasteiger charge is 2.16. The molecule has 1 aromatic rings. The number of aliphatic hydroxyl groups is 1. The van der Waals surface area contributed by atoms with Gasteiger partial charge in [-0.3, -0.25) is 4.79 Å². The first-order chi connectivity index (χ1) is 7.65. The molecule has 0 aliphatic heterocycles. The first-order valence-electron chi connectivity index (χ1n) is 5.26. The van der Waals surface area contributed by atoms with Gasteiger partial charge in [0.15, 0.2) is 0 Å². The van der Waals surface area contributed by atoms with Crippen LogP contribution in [0.5, 0.6) is 0 Å². The van der Waals surface area contributed by atoms with Crippen molar-refractivity contribution in [2.24, 2.45) is 0 Å². The number of hydrogen-bond donors (Lipinski definition) is 1. The van der Waals surface area contributed by atoms with Crippen molar-refractivity contribution in [2.75, 3.05) is 13.2 Å². The Morgan fingerprint density at radius 2 is 2.31 bits per heavy atom. The van der Waals surface area contributed by atoms with Crippen molar-refractivity contribution in [3.63, 3.8) is 0 Å². The molecule has 1 heterocycles. The van der Waals surface area contributed by atoms with E-state index in [4.69, 9.17) is 5.11 Å². The summed E-state index contributed by atoms with van der Waals surface area (Å²) in [5, 5.41) is 19.3. The molecule has 0 saturated heterocycles. The Labute approximate surface area is 94.0 Å². The minimum absolute atomic E-state index is 0.0456. The summed E-state index contributed by atoms with van der Waals surface area (Å²) in [6.07, 6.45) is 1.99. The van der Waals surface area contributed by atoms with E-state index in [1.165, 1.54) is 11.0 Å². The molecule has 1 N–H and O–H groups in total. The molecule has 0 aliphatic carbocycles. The van der Waals surface area contributed by atoms with Crippen molar-refractivity contribution in [2.45, 2.75) is 32.9 Å². The SMILES string of the molecule is CC(C)N(CCCO)C(=O)Cn1cnnn1. The fourth-order valence-electron chi connectivity index (χ4n) is 1.39. The molecule has 0 atom stereocenters. The van der Waals surface area contributed by atoms with Crippen LogP contribution in [0.2, 0.25) is 0 Å². The van der Waals surface area contributed by atoms with Crippen molar-refractivity contribution < 1.29 is 9.90 Å². The number of carbonyl (C=O) groups excluding carboxylic acids is 1. The van der Waals surface area contributed by atoms with Crippen molar-refractivity contribution in [3.05, 3.63) is 6.33 Å². The number of aromatic nitrogens is 4. The van der Waals surface area contributed by atoms with Gasteiger partial charge in [0, 0.05) is 19.2 Å². The van der Waals surface area contributed by atoms with Crippen LogP contribution in [0.1, 0.15) is 20.3 Å². The zero-order valence-corrected chi connectivity index (χ0v) is 9.57. The van der Waals surface area contributed by atoms with Crippen molar-refractivity contribution in [1.29, 1.82) is 0 Å². The Balaban J connectivity index is 2.53. The molecule has 16 heavy (non-hydrogen) atoms. The molecular formula is C9H17N5O2. The molecule has 90 valence electrons. The maximum Gasteiger partial charge on any atom is 0.244 e. The Kier molecular flexibility index (Phi) is 4.84. The molecule has 0 radical (unpaired) electrons. The average molecular weight is 227 g/mol. The van der Waals surface area contributed by atoms with Gasteiger partial charge in [-0.2, -0.15) is 0 Å². The Morgan fingerprint density at radius 1 is 1.56 bits per heavy atom. The van der Waals surface area contributed by atoms with Crippen LogP contribution in [0, 0.1) is 0 Å². The Hall–Kier alpha value is -1.50. The van der Waals surface area contributed by atoms with E-state index in [2.05, 4.69) is 15.5 Å². The third-order valence-electron chi connectivity index (χ3n) is 2.19. The second-order valence-corrected chi connectivity index (χ2v) is 3.77. The molecule has 0 bridgehead atoms. The Morgan fingerprint density at radius 3 is 2.81 bits per heavy atom. The van der Waals surface area contributed by atoms with Crippen LogP contribution in [0.3, 0.4) is 0 Å². The number of hydrogen-bond acceptors (Lipinski definition) is 5. The van der Waals surface area contributed by atoms with Crippen molar-refractivity contribution in [1.82, 2.24) is 25.1 Å². The van der Waals surface area contributed by atoms with E-state index in [1.54, 1.807) is 4.90 Å². The number of tetrazole rings is 1. The fraction of sp³-hybridized carbons (Fsp3) is 0.778. The van der Waals surface area contributed by atoms with E-state index in [0.29, 0.717) is 13.0 Å². The zero-order chi connectivity index (χ0) is 12.0. The maximum atomic E-state index is 11.9. The molecule has 0 saturated carbocycles. The molecule has 0 aromatic carbocycles. The molecule has 1 aromatic heterocycles. The molecule has 1 amide bonds. The third kappa shape index (κ3) is 3.58.